The van der Waals surface area contributed by atoms with Gasteiger partial charge in [0.25, 0.3) is 0 Å². The molecule has 2 aromatic rings. The molecule has 0 saturated heterocycles. The van der Waals surface area contributed by atoms with Gasteiger partial charge in [0.1, 0.15) is 6.61 Å². The molecule has 0 aliphatic heterocycles. The van der Waals surface area contributed by atoms with Crippen molar-refractivity contribution in [2.75, 3.05) is 7.11 Å². The average molecular weight is 405 g/mol. The van der Waals surface area contributed by atoms with Crippen molar-refractivity contribution in [3.63, 3.8) is 0 Å². The van der Waals surface area contributed by atoms with Crippen molar-refractivity contribution >= 4 is 18.3 Å². The minimum absolute atomic E-state index is 0. The Morgan fingerprint density at radius 3 is 2.57 bits per heavy atom. The van der Waals surface area contributed by atoms with E-state index in [4.69, 9.17) is 15.2 Å². The number of halogens is 1. The van der Waals surface area contributed by atoms with Gasteiger partial charge in [0, 0.05) is 12.0 Å². The second-order valence-corrected chi connectivity index (χ2v) is 7.18. The maximum atomic E-state index is 12.4. The molecule has 0 aromatic heterocycles. The molecule has 1 fully saturated rings. The third-order valence-corrected chi connectivity index (χ3v) is 5.13. The first-order chi connectivity index (χ1) is 13.1. The molecule has 0 heterocycles. The Kier molecular flexibility index (Phi) is 8.15. The summed E-state index contributed by atoms with van der Waals surface area (Å²) in [6.45, 7) is 2.46. The number of hydrogen-bond donors (Lipinski definition) is 2. The van der Waals surface area contributed by atoms with Crippen molar-refractivity contribution in [1.82, 2.24) is 5.32 Å². The minimum Gasteiger partial charge on any atom is -0.493 e. The fourth-order valence-electron chi connectivity index (χ4n) is 3.48. The van der Waals surface area contributed by atoms with E-state index < -0.39 is 0 Å². The van der Waals surface area contributed by atoms with Gasteiger partial charge in [0.05, 0.1) is 13.2 Å². The molecule has 152 valence electrons. The molecule has 1 saturated carbocycles. The van der Waals surface area contributed by atoms with Gasteiger partial charge in [-0.2, -0.15) is 0 Å². The number of amides is 1. The molecule has 0 spiro atoms. The van der Waals surface area contributed by atoms with E-state index in [2.05, 4.69) is 5.32 Å². The van der Waals surface area contributed by atoms with Crippen LogP contribution in [-0.4, -0.2) is 19.1 Å². The summed E-state index contributed by atoms with van der Waals surface area (Å²) < 4.78 is 11.4. The normalized spacial score (nSPS) is 19.4. The van der Waals surface area contributed by atoms with Crippen LogP contribution in [0, 0.1) is 5.92 Å². The number of methoxy groups -OCH3 is 1. The van der Waals surface area contributed by atoms with Gasteiger partial charge in [0.15, 0.2) is 11.5 Å². The summed E-state index contributed by atoms with van der Waals surface area (Å²) in [7, 11) is 1.62. The van der Waals surface area contributed by atoms with Gasteiger partial charge in [0.2, 0.25) is 5.91 Å². The molecular weight excluding hydrogens is 376 g/mol. The van der Waals surface area contributed by atoms with Gasteiger partial charge in [-0.3, -0.25) is 4.79 Å². The third-order valence-electron chi connectivity index (χ3n) is 5.13. The fourth-order valence-corrected chi connectivity index (χ4v) is 3.48. The van der Waals surface area contributed by atoms with E-state index in [1.165, 1.54) is 0 Å². The topological polar surface area (TPSA) is 73.6 Å². The predicted octanol–water partition coefficient (Wildman–Crippen LogP) is 4.00. The van der Waals surface area contributed by atoms with Crippen molar-refractivity contribution in [2.24, 2.45) is 11.7 Å². The van der Waals surface area contributed by atoms with E-state index in [9.17, 15) is 4.79 Å². The summed E-state index contributed by atoms with van der Waals surface area (Å²) in [5, 5.41) is 3.10. The summed E-state index contributed by atoms with van der Waals surface area (Å²) in [4.78, 5) is 12.4. The van der Waals surface area contributed by atoms with Crippen LogP contribution in [0.25, 0.3) is 0 Å². The van der Waals surface area contributed by atoms with Crippen LogP contribution in [0.1, 0.15) is 43.4 Å². The predicted molar refractivity (Wildman–Crippen MR) is 113 cm³/mol. The number of nitrogens with two attached hydrogens (primary N) is 1. The van der Waals surface area contributed by atoms with Crippen LogP contribution in [0.5, 0.6) is 11.5 Å². The molecule has 6 heteroatoms. The number of carbonyl (C=O) groups excluding carboxylic acids is 1. The standard InChI is InChI=1S/C22H28N2O3.ClH/c1-15(24-22(25)18-8-10-19(23)12-18)17-9-11-20(21(13-17)26-2)27-14-16-6-4-3-5-7-16;/h3-7,9,11,13,15,18-19H,8,10,12,14,23H2,1-2H3,(H,24,25);1H. The average Bonchev–Trinajstić information content (AvgIpc) is 3.13. The van der Waals surface area contributed by atoms with Crippen molar-refractivity contribution in [3.05, 3.63) is 59.7 Å². The molecule has 1 aliphatic carbocycles. The van der Waals surface area contributed by atoms with Crippen LogP contribution in [0.4, 0.5) is 0 Å². The number of nitrogens with one attached hydrogen (secondary N) is 1. The fraction of sp³-hybridized carbons (Fsp3) is 0.409. The lowest BCUT2D eigenvalue weighted by atomic mass is 10.0. The Labute approximate surface area is 173 Å². The zero-order valence-corrected chi connectivity index (χ0v) is 17.2. The van der Waals surface area contributed by atoms with Crippen molar-refractivity contribution in [1.29, 1.82) is 0 Å². The zero-order chi connectivity index (χ0) is 19.2. The van der Waals surface area contributed by atoms with Crippen LogP contribution in [-0.2, 0) is 11.4 Å². The quantitative estimate of drug-likeness (QED) is 0.731. The summed E-state index contributed by atoms with van der Waals surface area (Å²) in [6.07, 6.45) is 2.57. The van der Waals surface area contributed by atoms with E-state index in [0.717, 1.165) is 30.4 Å². The highest BCUT2D eigenvalue weighted by Crippen LogP contribution is 2.31. The molecule has 3 rings (SSSR count). The highest BCUT2D eigenvalue weighted by Gasteiger charge is 2.28. The molecule has 3 atom stereocenters. The van der Waals surface area contributed by atoms with Gasteiger partial charge in [-0.1, -0.05) is 36.4 Å². The van der Waals surface area contributed by atoms with Crippen LogP contribution in [0.2, 0.25) is 0 Å². The maximum Gasteiger partial charge on any atom is 0.223 e. The van der Waals surface area contributed by atoms with Crippen LogP contribution in [0.3, 0.4) is 0 Å². The van der Waals surface area contributed by atoms with E-state index in [-0.39, 0.29) is 36.3 Å². The highest BCUT2D eigenvalue weighted by atomic mass is 35.5. The number of rotatable bonds is 7. The lowest BCUT2D eigenvalue weighted by Crippen LogP contribution is -2.32. The first-order valence-electron chi connectivity index (χ1n) is 9.47. The lowest BCUT2D eigenvalue weighted by molar-refractivity contribution is -0.125. The smallest absolute Gasteiger partial charge is 0.223 e. The van der Waals surface area contributed by atoms with Gasteiger partial charge in [-0.15, -0.1) is 12.4 Å². The lowest BCUT2D eigenvalue weighted by Gasteiger charge is -2.19. The molecule has 0 radical (unpaired) electrons. The number of benzene rings is 2. The van der Waals surface area contributed by atoms with Gasteiger partial charge in [-0.25, -0.2) is 0 Å². The number of carbonyl (C=O) groups is 1. The van der Waals surface area contributed by atoms with Crippen molar-refractivity contribution < 1.29 is 14.3 Å². The first-order valence-corrected chi connectivity index (χ1v) is 9.47. The van der Waals surface area contributed by atoms with Gasteiger partial charge < -0.3 is 20.5 Å². The summed E-state index contributed by atoms with van der Waals surface area (Å²) in [6, 6.07) is 15.8. The molecule has 5 nitrogen and oxygen atoms in total. The van der Waals surface area contributed by atoms with Crippen LogP contribution >= 0.6 is 12.4 Å². The molecule has 1 amide bonds. The SMILES string of the molecule is COc1cc(C(C)NC(=O)C2CCC(N)C2)ccc1OCc1ccccc1.Cl. The number of ether oxygens (including phenoxy) is 2. The molecular formula is C22H29ClN2O3. The molecule has 2 aromatic carbocycles. The molecule has 3 N–H and O–H groups in total. The van der Waals surface area contributed by atoms with E-state index in [1.54, 1.807) is 7.11 Å². The second-order valence-electron chi connectivity index (χ2n) is 7.18. The largest absolute Gasteiger partial charge is 0.493 e. The Hall–Kier alpha value is -2.24. The van der Waals surface area contributed by atoms with E-state index >= 15 is 0 Å². The first kappa shape index (κ1) is 22.1. The Morgan fingerprint density at radius 2 is 1.93 bits per heavy atom. The van der Waals surface area contributed by atoms with Crippen LogP contribution in [0.15, 0.2) is 48.5 Å². The second kappa shape index (κ2) is 10.3. The number of hydrogen-bond acceptors (Lipinski definition) is 4. The Morgan fingerprint density at radius 1 is 1.18 bits per heavy atom. The summed E-state index contributed by atoms with van der Waals surface area (Å²) >= 11 is 0. The van der Waals surface area contributed by atoms with E-state index in [0.29, 0.717) is 18.1 Å². The summed E-state index contributed by atoms with van der Waals surface area (Å²) in [5.41, 5.74) is 8.00. The Balaban J connectivity index is 0.00000280. The van der Waals surface area contributed by atoms with Gasteiger partial charge >= 0.3 is 0 Å². The zero-order valence-electron chi connectivity index (χ0n) is 16.4. The molecule has 0 bridgehead atoms. The maximum absolute atomic E-state index is 12.4. The van der Waals surface area contributed by atoms with E-state index in [1.807, 2.05) is 55.5 Å². The van der Waals surface area contributed by atoms with Gasteiger partial charge in [-0.05, 0) is 49.4 Å². The molecule has 3 unspecified atom stereocenters. The highest BCUT2D eigenvalue weighted by molar-refractivity contribution is 5.85. The third kappa shape index (κ3) is 5.63. The Bertz CT molecular complexity index is 770. The monoisotopic (exact) mass is 404 g/mol. The van der Waals surface area contributed by atoms with Crippen molar-refractivity contribution in [3.8, 4) is 11.5 Å². The molecule has 1 aliphatic rings. The molecule has 28 heavy (non-hydrogen) atoms. The summed E-state index contributed by atoms with van der Waals surface area (Å²) in [5.74, 6) is 1.45. The van der Waals surface area contributed by atoms with Crippen LogP contribution < -0.4 is 20.5 Å². The minimum atomic E-state index is -0.105. The van der Waals surface area contributed by atoms with Crippen molar-refractivity contribution in [2.45, 2.75) is 44.9 Å².